The molecule has 4 nitrogen and oxygen atoms in total. The van der Waals surface area contributed by atoms with E-state index in [4.69, 9.17) is 4.74 Å². The van der Waals surface area contributed by atoms with Crippen LogP contribution in [0.25, 0.3) is 5.76 Å². The van der Waals surface area contributed by atoms with Gasteiger partial charge in [0.05, 0.1) is 4.90 Å². The Balaban J connectivity index is 0.00000436. The first-order chi connectivity index (χ1) is 14.6. The van der Waals surface area contributed by atoms with Crippen LogP contribution in [0.4, 0.5) is 0 Å². The van der Waals surface area contributed by atoms with E-state index in [9.17, 15) is 13.2 Å². The number of ether oxygens (including phenoxy) is 1. The lowest BCUT2D eigenvalue weighted by atomic mass is 9.98. The Morgan fingerprint density at radius 2 is 1.77 bits per heavy atom. The van der Waals surface area contributed by atoms with E-state index in [2.05, 4.69) is 13.5 Å². The molecule has 0 aliphatic carbocycles. The fourth-order valence-corrected chi connectivity index (χ4v) is 3.47. The molecule has 5 heteroatoms. The standard InChI is InChI=1S/C24H32O4S.C2H6/c1-7-10-12-20(9-3)19(4)23(28-24(5,18-25)17-11-8-2)21-13-15-22(16-14-21)29(6,26)27;1-2/h7,9-10,12-16,18H,1,8,11,17H2,2-6H3;1-2H3/b12-10-,20-9+,23-19+;. The number of hydrogen-bond donors (Lipinski definition) is 0. The summed E-state index contributed by atoms with van der Waals surface area (Å²) in [6, 6.07) is 6.54. The Labute approximate surface area is 189 Å². The molecule has 172 valence electrons. The van der Waals surface area contributed by atoms with Gasteiger partial charge in [-0.3, -0.25) is 4.79 Å². The predicted octanol–water partition coefficient (Wildman–Crippen LogP) is 6.70. The molecule has 0 aliphatic rings. The summed E-state index contributed by atoms with van der Waals surface area (Å²) in [6.45, 7) is 15.4. The van der Waals surface area contributed by atoms with Crippen LogP contribution in [0.2, 0.25) is 0 Å². The Kier molecular flexibility index (Phi) is 12.7. The quantitative estimate of drug-likeness (QED) is 0.215. The maximum atomic E-state index is 11.9. The van der Waals surface area contributed by atoms with Gasteiger partial charge in [0.1, 0.15) is 5.76 Å². The molecule has 0 spiro atoms. The molecule has 0 saturated carbocycles. The molecular formula is C26H38O4S. The van der Waals surface area contributed by atoms with Gasteiger partial charge < -0.3 is 4.74 Å². The minimum absolute atomic E-state index is 0.236. The zero-order chi connectivity index (χ0) is 24.1. The van der Waals surface area contributed by atoms with Gasteiger partial charge in [-0.2, -0.15) is 0 Å². The molecule has 0 aliphatic heterocycles. The zero-order valence-corrected chi connectivity index (χ0v) is 20.9. The molecule has 1 rings (SSSR count). The van der Waals surface area contributed by atoms with Crippen molar-refractivity contribution in [3.63, 3.8) is 0 Å². The van der Waals surface area contributed by atoms with Crippen molar-refractivity contribution in [2.24, 2.45) is 0 Å². The van der Waals surface area contributed by atoms with E-state index in [-0.39, 0.29) is 4.90 Å². The summed E-state index contributed by atoms with van der Waals surface area (Å²) in [5.74, 6) is 0.553. The molecule has 1 aromatic rings. The molecule has 1 aromatic carbocycles. The number of aldehydes is 1. The fourth-order valence-electron chi connectivity index (χ4n) is 2.84. The van der Waals surface area contributed by atoms with Crippen LogP contribution >= 0.6 is 0 Å². The van der Waals surface area contributed by atoms with E-state index in [1.807, 2.05) is 45.9 Å². The second-order valence-corrected chi connectivity index (χ2v) is 9.24. The predicted molar refractivity (Wildman–Crippen MR) is 132 cm³/mol. The van der Waals surface area contributed by atoms with Gasteiger partial charge >= 0.3 is 0 Å². The Morgan fingerprint density at radius 3 is 2.19 bits per heavy atom. The van der Waals surface area contributed by atoms with Crippen LogP contribution in [0.5, 0.6) is 0 Å². The number of rotatable bonds is 11. The summed E-state index contributed by atoms with van der Waals surface area (Å²) in [5.41, 5.74) is 1.52. The van der Waals surface area contributed by atoms with E-state index in [1.165, 1.54) is 6.26 Å². The molecule has 0 saturated heterocycles. The van der Waals surface area contributed by atoms with Gasteiger partial charge in [-0.15, -0.1) is 0 Å². The lowest BCUT2D eigenvalue weighted by molar-refractivity contribution is -0.122. The lowest BCUT2D eigenvalue weighted by Crippen LogP contribution is -2.30. The first-order valence-electron chi connectivity index (χ1n) is 10.7. The summed E-state index contributed by atoms with van der Waals surface area (Å²) in [7, 11) is -3.30. The van der Waals surface area contributed by atoms with Gasteiger partial charge in [0.25, 0.3) is 0 Å². The third kappa shape index (κ3) is 9.09. The molecule has 1 unspecified atom stereocenters. The summed E-state index contributed by atoms with van der Waals surface area (Å²) in [5, 5.41) is 0. The SMILES string of the molecule is C=C\C=C/C(=C\C)C(/C)=C(/OC(C)(C=O)CCCC)c1ccc(S(C)(=O)=O)cc1.CC. The second-order valence-electron chi connectivity index (χ2n) is 7.23. The van der Waals surface area contributed by atoms with Crippen molar-refractivity contribution in [3.8, 4) is 0 Å². The van der Waals surface area contributed by atoms with Crippen molar-refractivity contribution in [2.75, 3.05) is 6.26 Å². The molecule has 1 atom stereocenters. The van der Waals surface area contributed by atoms with Crippen molar-refractivity contribution in [1.82, 2.24) is 0 Å². The van der Waals surface area contributed by atoms with Crippen molar-refractivity contribution in [2.45, 2.75) is 71.3 Å². The van der Waals surface area contributed by atoms with E-state index < -0.39 is 15.4 Å². The van der Waals surface area contributed by atoms with E-state index in [1.54, 1.807) is 37.3 Å². The van der Waals surface area contributed by atoms with Gasteiger partial charge in [0.15, 0.2) is 21.7 Å². The molecule has 0 N–H and O–H groups in total. The van der Waals surface area contributed by atoms with Gasteiger partial charge in [0.2, 0.25) is 0 Å². The van der Waals surface area contributed by atoms with Crippen LogP contribution < -0.4 is 0 Å². The van der Waals surface area contributed by atoms with Crippen molar-refractivity contribution >= 4 is 21.9 Å². The highest BCUT2D eigenvalue weighted by molar-refractivity contribution is 7.90. The Morgan fingerprint density at radius 1 is 1.19 bits per heavy atom. The highest BCUT2D eigenvalue weighted by Gasteiger charge is 2.28. The highest BCUT2D eigenvalue weighted by Crippen LogP contribution is 2.32. The number of allylic oxidation sites excluding steroid dienone is 6. The number of hydrogen-bond acceptors (Lipinski definition) is 4. The minimum Gasteiger partial charge on any atom is -0.479 e. The number of benzene rings is 1. The van der Waals surface area contributed by atoms with E-state index in [0.717, 1.165) is 30.3 Å². The van der Waals surface area contributed by atoms with Crippen molar-refractivity contribution < 1.29 is 17.9 Å². The molecular weight excluding hydrogens is 408 g/mol. The molecule has 0 amide bonds. The molecule has 0 fully saturated rings. The fraction of sp³-hybridized carbons (Fsp3) is 0.423. The molecule has 0 heterocycles. The van der Waals surface area contributed by atoms with Gasteiger partial charge in [0, 0.05) is 11.8 Å². The molecule has 31 heavy (non-hydrogen) atoms. The highest BCUT2D eigenvalue weighted by atomic mass is 32.2. The Bertz CT molecular complexity index is 903. The topological polar surface area (TPSA) is 60.4 Å². The number of unbranched alkanes of at least 4 members (excludes halogenated alkanes) is 1. The molecule has 0 bridgehead atoms. The van der Waals surface area contributed by atoms with E-state index in [0.29, 0.717) is 17.7 Å². The number of carbonyl (C=O) groups excluding carboxylic acids is 1. The van der Waals surface area contributed by atoms with Crippen LogP contribution in [0.15, 0.2) is 71.2 Å². The third-order valence-corrected chi connectivity index (χ3v) is 5.78. The largest absolute Gasteiger partial charge is 0.479 e. The summed E-state index contributed by atoms with van der Waals surface area (Å²) < 4.78 is 29.9. The maximum absolute atomic E-state index is 11.9. The third-order valence-electron chi connectivity index (χ3n) is 4.65. The lowest BCUT2D eigenvalue weighted by Gasteiger charge is -2.28. The van der Waals surface area contributed by atoms with Crippen LogP contribution in [0.3, 0.4) is 0 Å². The van der Waals surface area contributed by atoms with Crippen LogP contribution in [-0.2, 0) is 19.4 Å². The Hall–Kier alpha value is -2.40. The van der Waals surface area contributed by atoms with Gasteiger partial charge in [-0.25, -0.2) is 8.42 Å². The van der Waals surface area contributed by atoms with Crippen LogP contribution in [0, 0.1) is 0 Å². The van der Waals surface area contributed by atoms with Crippen LogP contribution in [0.1, 0.15) is 66.4 Å². The molecule has 0 aromatic heterocycles. The zero-order valence-electron chi connectivity index (χ0n) is 20.1. The smallest absolute Gasteiger partial charge is 0.175 e. The average Bonchev–Trinajstić information content (AvgIpc) is 2.77. The first kappa shape index (κ1) is 28.6. The summed E-state index contributed by atoms with van der Waals surface area (Å²) in [6.07, 6.45) is 11.8. The van der Waals surface area contributed by atoms with Crippen LogP contribution in [-0.4, -0.2) is 26.6 Å². The summed E-state index contributed by atoms with van der Waals surface area (Å²) >= 11 is 0. The number of sulfone groups is 1. The normalized spacial score (nSPS) is 14.7. The first-order valence-corrected chi connectivity index (χ1v) is 12.6. The number of carbonyl (C=O) groups is 1. The van der Waals surface area contributed by atoms with E-state index >= 15 is 0 Å². The summed E-state index contributed by atoms with van der Waals surface area (Å²) in [4.78, 5) is 12.1. The van der Waals surface area contributed by atoms with Crippen molar-refractivity contribution in [1.29, 1.82) is 0 Å². The van der Waals surface area contributed by atoms with Gasteiger partial charge in [-0.05, 0) is 69.0 Å². The van der Waals surface area contributed by atoms with Gasteiger partial charge in [-0.1, -0.05) is 58.1 Å². The minimum atomic E-state index is -3.30. The molecule has 0 radical (unpaired) electrons. The maximum Gasteiger partial charge on any atom is 0.175 e. The monoisotopic (exact) mass is 446 g/mol. The van der Waals surface area contributed by atoms with Crippen molar-refractivity contribution in [3.05, 3.63) is 71.9 Å². The second kappa shape index (κ2) is 13.8. The average molecular weight is 447 g/mol.